The van der Waals surface area contributed by atoms with Gasteiger partial charge in [-0.3, -0.25) is 0 Å². The molecule has 57 valence electrons. The van der Waals surface area contributed by atoms with Crippen LogP contribution in [0.15, 0.2) is 0 Å². The largest absolute Gasteiger partial charge is 0.0533 e. The molecule has 10 heavy (non-hydrogen) atoms. The molecule has 0 N–H and O–H groups in total. The zero-order valence-corrected chi connectivity index (χ0v) is 6.68. The molecule has 0 aromatic rings. The summed E-state index contributed by atoms with van der Waals surface area (Å²) in [4.78, 5) is 0. The molecule has 0 heterocycles. The molecule has 0 aromatic carbocycles. The summed E-state index contributed by atoms with van der Waals surface area (Å²) in [5.41, 5.74) is 0. The van der Waals surface area contributed by atoms with E-state index in [1.54, 1.807) is 0 Å². The van der Waals surface area contributed by atoms with Crippen molar-refractivity contribution in [3.63, 3.8) is 0 Å². The summed E-state index contributed by atoms with van der Waals surface area (Å²) in [6, 6.07) is 0. The summed E-state index contributed by atoms with van der Waals surface area (Å²) < 4.78 is 0. The zero-order chi connectivity index (χ0) is 6.81. The van der Waals surface area contributed by atoms with Gasteiger partial charge in [0, 0.05) is 0 Å². The summed E-state index contributed by atoms with van der Waals surface area (Å²) >= 11 is 0. The minimum atomic E-state index is 1.04. The minimum Gasteiger partial charge on any atom is -0.0533 e. The van der Waals surface area contributed by atoms with Gasteiger partial charge in [0.2, 0.25) is 0 Å². The quantitative estimate of drug-likeness (QED) is 0.481. The highest BCUT2D eigenvalue weighted by Gasteiger charge is 2.30. The van der Waals surface area contributed by atoms with Crippen LogP contribution >= 0.6 is 0 Å². The average Bonchev–Trinajstić information content (AvgIpc) is 1.89. The van der Waals surface area contributed by atoms with Crippen LogP contribution in [-0.2, 0) is 0 Å². The molecule has 0 spiro atoms. The molecule has 1 radical (unpaired) electrons. The monoisotopic (exact) mass is 137 g/mol. The van der Waals surface area contributed by atoms with Crippen LogP contribution in [-0.4, -0.2) is 0 Å². The van der Waals surface area contributed by atoms with Crippen LogP contribution in [0.1, 0.15) is 44.9 Å². The highest BCUT2D eigenvalue weighted by molar-refractivity contribution is 4.95. The van der Waals surface area contributed by atoms with E-state index in [1.807, 2.05) is 0 Å². The van der Waals surface area contributed by atoms with Gasteiger partial charge in [-0.05, 0) is 31.1 Å². The van der Waals surface area contributed by atoms with Crippen molar-refractivity contribution in [1.82, 2.24) is 0 Å². The van der Waals surface area contributed by atoms with E-state index in [9.17, 15) is 0 Å². The van der Waals surface area contributed by atoms with Crippen LogP contribution in [0.2, 0.25) is 0 Å². The topological polar surface area (TPSA) is 0 Å². The smallest absolute Gasteiger partial charge is 0.0349 e. The molecule has 2 atom stereocenters. The second kappa shape index (κ2) is 2.94. The molecule has 2 fully saturated rings. The lowest BCUT2D eigenvalue weighted by Crippen LogP contribution is -2.27. The third-order valence-electron chi connectivity index (χ3n) is 3.21. The van der Waals surface area contributed by atoms with Crippen molar-refractivity contribution in [2.45, 2.75) is 44.9 Å². The van der Waals surface area contributed by atoms with E-state index in [0.717, 1.165) is 11.8 Å². The Hall–Kier alpha value is 0. The van der Waals surface area contributed by atoms with E-state index in [2.05, 4.69) is 6.42 Å². The minimum absolute atomic E-state index is 1.04. The standard InChI is InChI=1S/C10H17/c1-2-4-6-10-8-7-9(10)5-3-1/h7,9-10H,1-6,8H2. The lowest BCUT2D eigenvalue weighted by atomic mass is 9.68. The molecule has 2 aliphatic rings. The number of rotatable bonds is 0. The Labute approximate surface area is 64.0 Å². The second-order valence-electron chi connectivity index (χ2n) is 3.89. The van der Waals surface area contributed by atoms with Crippen molar-refractivity contribution in [3.8, 4) is 0 Å². The van der Waals surface area contributed by atoms with Gasteiger partial charge in [-0.1, -0.05) is 32.1 Å². The maximum atomic E-state index is 2.54. The van der Waals surface area contributed by atoms with Crippen molar-refractivity contribution in [2.75, 3.05) is 0 Å². The zero-order valence-electron chi connectivity index (χ0n) is 6.68. The van der Waals surface area contributed by atoms with E-state index in [-0.39, 0.29) is 0 Å². The fourth-order valence-electron chi connectivity index (χ4n) is 2.35. The molecule has 0 heteroatoms. The Bertz CT molecular complexity index is 92.6. The van der Waals surface area contributed by atoms with Gasteiger partial charge in [0.25, 0.3) is 0 Å². The van der Waals surface area contributed by atoms with Gasteiger partial charge < -0.3 is 0 Å². The molecule has 0 aliphatic heterocycles. The van der Waals surface area contributed by atoms with Crippen LogP contribution in [0, 0.1) is 18.3 Å². The number of hydrogen-bond acceptors (Lipinski definition) is 0. The lowest BCUT2D eigenvalue weighted by Gasteiger charge is -2.38. The Morgan fingerprint density at radius 2 is 1.70 bits per heavy atom. The summed E-state index contributed by atoms with van der Waals surface area (Å²) in [5, 5.41) is 0. The van der Waals surface area contributed by atoms with Gasteiger partial charge in [0.05, 0.1) is 0 Å². The molecular weight excluding hydrogens is 120 g/mol. The Balaban J connectivity index is 1.83. The molecule has 0 bridgehead atoms. The predicted octanol–water partition coefficient (Wildman–Crippen LogP) is 3.18. The Kier molecular flexibility index (Phi) is 1.97. The first-order chi connectivity index (χ1) is 4.97. The molecule has 0 saturated heterocycles. The number of fused-ring (bicyclic) bond motifs is 1. The Morgan fingerprint density at radius 3 is 2.40 bits per heavy atom. The van der Waals surface area contributed by atoms with E-state index < -0.39 is 0 Å². The highest BCUT2D eigenvalue weighted by Crippen LogP contribution is 2.41. The Morgan fingerprint density at radius 1 is 0.900 bits per heavy atom. The molecule has 0 amide bonds. The van der Waals surface area contributed by atoms with Gasteiger partial charge in [0.15, 0.2) is 0 Å². The van der Waals surface area contributed by atoms with Gasteiger partial charge in [-0.2, -0.15) is 0 Å². The van der Waals surface area contributed by atoms with Crippen molar-refractivity contribution in [3.05, 3.63) is 6.42 Å². The maximum Gasteiger partial charge on any atom is -0.0349 e. The van der Waals surface area contributed by atoms with E-state index in [1.165, 1.54) is 44.9 Å². The average molecular weight is 137 g/mol. The summed E-state index contributed by atoms with van der Waals surface area (Å²) in [5.74, 6) is 2.15. The highest BCUT2D eigenvalue weighted by atomic mass is 14.4. The molecule has 2 unspecified atom stereocenters. The summed E-state index contributed by atoms with van der Waals surface area (Å²) in [6.07, 6.45) is 13.0. The first-order valence-corrected chi connectivity index (χ1v) is 4.80. The second-order valence-corrected chi connectivity index (χ2v) is 3.89. The van der Waals surface area contributed by atoms with E-state index in [4.69, 9.17) is 0 Å². The van der Waals surface area contributed by atoms with Gasteiger partial charge in [0.1, 0.15) is 0 Å². The molecule has 0 nitrogen and oxygen atoms in total. The summed E-state index contributed by atoms with van der Waals surface area (Å²) in [6.45, 7) is 0. The van der Waals surface area contributed by atoms with Crippen LogP contribution in [0.5, 0.6) is 0 Å². The van der Waals surface area contributed by atoms with Crippen LogP contribution < -0.4 is 0 Å². The van der Waals surface area contributed by atoms with Gasteiger partial charge in [-0.15, -0.1) is 0 Å². The number of hydrogen-bond donors (Lipinski definition) is 0. The van der Waals surface area contributed by atoms with Crippen LogP contribution in [0.25, 0.3) is 0 Å². The van der Waals surface area contributed by atoms with Crippen molar-refractivity contribution in [2.24, 2.45) is 11.8 Å². The van der Waals surface area contributed by atoms with Crippen molar-refractivity contribution < 1.29 is 0 Å². The molecule has 2 aliphatic carbocycles. The van der Waals surface area contributed by atoms with E-state index >= 15 is 0 Å². The normalized spacial score (nSPS) is 40.8. The molecule has 2 saturated carbocycles. The van der Waals surface area contributed by atoms with Crippen molar-refractivity contribution >= 4 is 0 Å². The third kappa shape index (κ3) is 1.21. The molecule has 2 rings (SSSR count). The predicted molar refractivity (Wildman–Crippen MR) is 43.6 cm³/mol. The van der Waals surface area contributed by atoms with Gasteiger partial charge >= 0.3 is 0 Å². The third-order valence-corrected chi connectivity index (χ3v) is 3.21. The molecular formula is C10H17. The molecule has 0 aromatic heterocycles. The maximum absolute atomic E-state index is 2.54. The fourth-order valence-corrected chi connectivity index (χ4v) is 2.35. The van der Waals surface area contributed by atoms with Crippen LogP contribution in [0.3, 0.4) is 0 Å². The fraction of sp³-hybridized carbons (Fsp3) is 0.900. The van der Waals surface area contributed by atoms with E-state index in [0.29, 0.717) is 0 Å². The lowest BCUT2D eigenvalue weighted by molar-refractivity contribution is 0.209. The van der Waals surface area contributed by atoms with Crippen LogP contribution in [0.4, 0.5) is 0 Å². The van der Waals surface area contributed by atoms with Crippen molar-refractivity contribution in [1.29, 1.82) is 0 Å². The summed E-state index contributed by atoms with van der Waals surface area (Å²) in [7, 11) is 0. The first-order valence-electron chi connectivity index (χ1n) is 4.80. The SMILES string of the molecule is [CH]1CC2CCCCCCC12. The first kappa shape index (κ1) is 6.69. The van der Waals surface area contributed by atoms with Gasteiger partial charge in [-0.25, -0.2) is 0 Å².